The van der Waals surface area contributed by atoms with E-state index in [-0.39, 0.29) is 17.7 Å². The van der Waals surface area contributed by atoms with Gasteiger partial charge >= 0.3 is 6.09 Å². The number of aryl methyl sites for hydroxylation is 3. The van der Waals surface area contributed by atoms with E-state index in [0.717, 1.165) is 24.2 Å². The fraction of sp³-hybridized carbons (Fsp3) is 0.714. The number of aromatic nitrogens is 2. The van der Waals surface area contributed by atoms with E-state index in [1.807, 2.05) is 24.6 Å². The first-order valence-electron chi connectivity index (χ1n) is 10.6. The van der Waals surface area contributed by atoms with Crippen LogP contribution in [-0.4, -0.2) is 64.4 Å². The molecule has 0 bridgehead atoms. The van der Waals surface area contributed by atoms with Crippen molar-refractivity contribution in [2.45, 2.75) is 66.0 Å². The molecule has 2 rings (SSSR count). The molecule has 2 N–H and O–H groups in total. The summed E-state index contributed by atoms with van der Waals surface area (Å²) >= 11 is 0. The summed E-state index contributed by atoms with van der Waals surface area (Å²) < 4.78 is 7.00. The highest BCUT2D eigenvalue weighted by Gasteiger charge is 2.28. The van der Waals surface area contributed by atoms with Gasteiger partial charge in [-0.3, -0.25) is 14.3 Å². The van der Waals surface area contributed by atoms with Gasteiger partial charge in [-0.15, -0.1) is 0 Å². The molecule has 3 amide bonds. The summed E-state index contributed by atoms with van der Waals surface area (Å²) in [6, 6.07) is 1.99. The maximum atomic E-state index is 12.6. The number of carbonyl (C=O) groups is 3. The summed E-state index contributed by atoms with van der Waals surface area (Å²) in [6.07, 6.45) is 1.43. The van der Waals surface area contributed by atoms with Crippen LogP contribution in [-0.2, 0) is 20.9 Å². The normalized spacial score (nSPS) is 16.8. The molecule has 1 aliphatic rings. The van der Waals surface area contributed by atoms with Crippen LogP contribution >= 0.6 is 0 Å². The van der Waals surface area contributed by atoms with E-state index in [1.54, 1.807) is 25.7 Å². The van der Waals surface area contributed by atoms with Gasteiger partial charge in [0.15, 0.2) is 0 Å². The van der Waals surface area contributed by atoms with Crippen LogP contribution in [0.25, 0.3) is 0 Å². The van der Waals surface area contributed by atoms with Gasteiger partial charge < -0.3 is 20.3 Å². The second-order valence-corrected chi connectivity index (χ2v) is 8.80. The lowest BCUT2D eigenvalue weighted by Gasteiger charge is -2.32. The highest BCUT2D eigenvalue weighted by Crippen LogP contribution is 2.18. The van der Waals surface area contributed by atoms with Gasteiger partial charge in [0.2, 0.25) is 11.8 Å². The lowest BCUT2D eigenvalue weighted by atomic mass is 9.97. The second-order valence-electron chi connectivity index (χ2n) is 8.80. The molecular weight excluding hydrogens is 386 g/mol. The van der Waals surface area contributed by atoms with Gasteiger partial charge in [0.05, 0.1) is 11.6 Å². The number of ether oxygens (including phenoxy) is 1. The molecule has 1 unspecified atom stereocenters. The Bertz CT molecular complexity index is 753. The number of carbonyl (C=O) groups excluding carboxylic acids is 3. The van der Waals surface area contributed by atoms with Crippen molar-refractivity contribution in [2.24, 2.45) is 5.92 Å². The molecule has 9 heteroatoms. The van der Waals surface area contributed by atoms with Gasteiger partial charge in [-0.1, -0.05) is 0 Å². The van der Waals surface area contributed by atoms with E-state index in [9.17, 15) is 14.4 Å². The average molecular weight is 422 g/mol. The van der Waals surface area contributed by atoms with Gasteiger partial charge in [0, 0.05) is 44.8 Å². The highest BCUT2D eigenvalue weighted by atomic mass is 16.6. The number of nitrogens with zero attached hydrogens (tertiary/aromatic N) is 3. The summed E-state index contributed by atoms with van der Waals surface area (Å²) in [5.41, 5.74) is 1.42. The topological polar surface area (TPSA) is 106 Å². The number of amides is 3. The Labute approximate surface area is 178 Å². The fourth-order valence-electron chi connectivity index (χ4n) is 3.49. The quantitative estimate of drug-likeness (QED) is 0.653. The monoisotopic (exact) mass is 421 g/mol. The van der Waals surface area contributed by atoms with Gasteiger partial charge in [-0.05, 0) is 53.5 Å². The minimum atomic E-state index is -0.555. The zero-order chi connectivity index (χ0) is 22.3. The molecule has 0 saturated carbocycles. The molecule has 1 aliphatic heterocycles. The Hall–Kier alpha value is -2.58. The Morgan fingerprint density at radius 2 is 1.90 bits per heavy atom. The summed E-state index contributed by atoms with van der Waals surface area (Å²) in [6.45, 7) is 11.6. The first kappa shape index (κ1) is 23.7. The predicted octanol–water partition coefficient (Wildman–Crippen LogP) is 1.77. The number of nitrogens with one attached hydrogen (secondary N) is 2. The lowest BCUT2D eigenvalue weighted by molar-refractivity contribution is -0.135. The molecule has 1 aromatic heterocycles. The molecule has 1 saturated heterocycles. The van der Waals surface area contributed by atoms with Crippen LogP contribution in [0, 0.1) is 19.8 Å². The number of hydrogen-bond donors (Lipinski definition) is 2. The molecule has 0 radical (unpaired) electrons. The first-order chi connectivity index (χ1) is 14.0. The Morgan fingerprint density at radius 1 is 1.20 bits per heavy atom. The van der Waals surface area contributed by atoms with Crippen LogP contribution in [0.5, 0.6) is 0 Å². The lowest BCUT2D eigenvalue weighted by Crippen LogP contribution is -2.46. The van der Waals surface area contributed by atoms with E-state index in [4.69, 9.17) is 4.74 Å². The van der Waals surface area contributed by atoms with E-state index in [2.05, 4.69) is 15.7 Å². The van der Waals surface area contributed by atoms with Crippen LogP contribution < -0.4 is 10.6 Å². The van der Waals surface area contributed by atoms with Crippen LogP contribution in [0.1, 0.15) is 51.4 Å². The standard InChI is InChI=1S/C21H35N5O4/c1-15-13-16(2)26(24-15)12-8-18(27)25-11-6-7-17(14-25)19(28)22-9-10-23-20(29)30-21(3,4)5/h13,17H,6-12,14H2,1-5H3,(H,22,28)(H,23,29). The molecule has 9 nitrogen and oxygen atoms in total. The molecule has 0 aromatic carbocycles. The second kappa shape index (κ2) is 10.4. The number of rotatable bonds is 7. The number of likely N-dealkylation sites (tertiary alicyclic amines) is 1. The summed E-state index contributed by atoms with van der Waals surface area (Å²) in [5.74, 6) is -0.262. The molecule has 168 valence electrons. The Kier molecular flexibility index (Phi) is 8.25. The third-order valence-corrected chi connectivity index (χ3v) is 4.88. The van der Waals surface area contributed by atoms with Crippen molar-refractivity contribution in [3.63, 3.8) is 0 Å². The molecule has 1 aromatic rings. The summed E-state index contributed by atoms with van der Waals surface area (Å²) in [5, 5.41) is 9.84. The average Bonchev–Trinajstić information content (AvgIpc) is 2.99. The van der Waals surface area contributed by atoms with Crippen molar-refractivity contribution in [1.29, 1.82) is 0 Å². The highest BCUT2D eigenvalue weighted by molar-refractivity contribution is 5.81. The van der Waals surface area contributed by atoms with Gasteiger partial charge in [-0.2, -0.15) is 5.10 Å². The third-order valence-electron chi connectivity index (χ3n) is 4.88. The summed E-state index contributed by atoms with van der Waals surface area (Å²) in [4.78, 5) is 38.4. The maximum absolute atomic E-state index is 12.6. The van der Waals surface area contributed by atoms with Gasteiger partial charge in [-0.25, -0.2) is 4.79 Å². The van der Waals surface area contributed by atoms with E-state index < -0.39 is 11.7 Å². The minimum absolute atomic E-state index is 0.0478. The van der Waals surface area contributed by atoms with Gasteiger partial charge in [0.25, 0.3) is 0 Å². The van der Waals surface area contributed by atoms with Crippen LogP contribution in [0.4, 0.5) is 4.79 Å². The minimum Gasteiger partial charge on any atom is -0.444 e. The molecular formula is C21H35N5O4. The van der Waals surface area contributed by atoms with Crippen LogP contribution in [0.2, 0.25) is 0 Å². The molecule has 30 heavy (non-hydrogen) atoms. The van der Waals surface area contributed by atoms with Crippen LogP contribution in [0.15, 0.2) is 6.07 Å². The maximum Gasteiger partial charge on any atom is 0.407 e. The molecule has 0 spiro atoms. The summed E-state index contributed by atoms with van der Waals surface area (Å²) in [7, 11) is 0. The molecule has 0 aliphatic carbocycles. The van der Waals surface area contributed by atoms with Gasteiger partial charge in [0.1, 0.15) is 5.60 Å². The van der Waals surface area contributed by atoms with Crippen molar-refractivity contribution < 1.29 is 19.1 Å². The van der Waals surface area contributed by atoms with Crippen molar-refractivity contribution >= 4 is 17.9 Å². The van der Waals surface area contributed by atoms with E-state index >= 15 is 0 Å². The smallest absolute Gasteiger partial charge is 0.407 e. The first-order valence-corrected chi connectivity index (χ1v) is 10.6. The van der Waals surface area contributed by atoms with Crippen molar-refractivity contribution in [3.05, 3.63) is 17.5 Å². The number of alkyl carbamates (subject to hydrolysis) is 1. The zero-order valence-corrected chi connectivity index (χ0v) is 18.8. The Morgan fingerprint density at radius 3 is 2.53 bits per heavy atom. The molecule has 1 atom stereocenters. The van der Waals surface area contributed by atoms with E-state index in [1.165, 1.54) is 0 Å². The van der Waals surface area contributed by atoms with Crippen LogP contribution in [0.3, 0.4) is 0 Å². The largest absolute Gasteiger partial charge is 0.444 e. The third kappa shape index (κ3) is 7.68. The molecule has 1 fully saturated rings. The fourth-order valence-corrected chi connectivity index (χ4v) is 3.49. The van der Waals surface area contributed by atoms with Crippen molar-refractivity contribution in [3.8, 4) is 0 Å². The number of hydrogen-bond acceptors (Lipinski definition) is 5. The van der Waals surface area contributed by atoms with Crippen molar-refractivity contribution in [1.82, 2.24) is 25.3 Å². The predicted molar refractivity (Wildman–Crippen MR) is 113 cm³/mol. The zero-order valence-electron chi connectivity index (χ0n) is 18.8. The Balaban J connectivity index is 1.71. The van der Waals surface area contributed by atoms with E-state index in [0.29, 0.717) is 39.1 Å². The number of piperidine rings is 1. The van der Waals surface area contributed by atoms with Crippen molar-refractivity contribution in [2.75, 3.05) is 26.2 Å². The molecule has 2 heterocycles. The SMILES string of the molecule is Cc1cc(C)n(CCC(=O)N2CCCC(C(=O)NCCNC(=O)OC(C)(C)C)C2)n1.